The van der Waals surface area contributed by atoms with Crippen LogP contribution in [0.15, 0.2) is 10.4 Å². The smallest absolute Gasteiger partial charge is 0.212 e. The first kappa shape index (κ1) is 16.6. The van der Waals surface area contributed by atoms with Gasteiger partial charge in [-0.25, -0.2) is 9.97 Å². The van der Waals surface area contributed by atoms with E-state index in [1.54, 1.807) is 0 Å². The van der Waals surface area contributed by atoms with Crippen LogP contribution in [0, 0.1) is 13.8 Å². The molecule has 2 heterocycles. The molecule has 0 aromatic carbocycles. The maximum absolute atomic E-state index is 5.28. The number of aromatic amines is 1. The Morgan fingerprint density at radius 2 is 2.00 bits per heavy atom. The van der Waals surface area contributed by atoms with Gasteiger partial charge in [-0.15, -0.1) is 28.3 Å². The van der Waals surface area contributed by atoms with Crippen molar-refractivity contribution in [3.05, 3.63) is 16.9 Å². The molecule has 0 saturated carbocycles. The molecular formula is C9H15BrN6OS. The first-order valence-electron chi connectivity index (χ1n) is 4.65. The van der Waals surface area contributed by atoms with Crippen molar-refractivity contribution in [2.24, 2.45) is 16.5 Å². The number of aromatic nitrogens is 3. The highest BCUT2D eigenvalue weighted by molar-refractivity contribution is 8.93. The van der Waals surface area contributed by atoms with E-state index < -0.39 is 0 Å². The molecule has 2 aromatic heterocycles. The van der Waals surface area contributed by atoms with Gasteiger partial charge in [-0.3, -0.25) is 0 Å². The van der Waals surface area contributed by atoms with Crippen LogP contribution >= 0.6 is 28.3 Å². The van der Waals surface area contributed by atoms with Crippen LogP contribution in [-0.2, 0) is 0 Å². The number of halogens is 1. The van der Waals surface area contributed by atoms with Gasteiger partial charge < -0.3 is 21.9 Å². The second-order valence-corrected chi connectivity index (χ2v) is 4.18. The third-order valence-electron chi connectivity index (χ3n) is 1.96. The van der Waals surface area contributed by atoms with Crippen molar-refractivity contribution in [1.82, 2.24) is 15.0 Å². The second kappa shape index (κ2) is 6.47. The molecule has 0 aliphatic carbocycles. The molecule has 0 aliphatic heterocycles. The van der Waals surface area contributed by atoms with Crippen molar-refractivity contribution in [3.63, 3.8) is 0 Å². The normalized spacial score (nSPS) is 9.22. The molecule has 100 valence electrons. The third-order valence-corrected chi connectivity index (χ3v) is 2.70. The fraction of sp³-hybridized carbons (Fsp3) is 0.222. The monoisotopic (exact) mass is 334 g/mol. The molecule has 0 spiro atoms. The topological polar surface area (TPSA) is 137 Å². The van der Waals surface area contributed by atoms with Crippen LogP contribution in [0.4, 0.5) is 5.13 Å². The Labute approximate surface area is 118 Å². The Morgan fingerprint density at radius 3 is 2.50 bits per heavy atom. The summed E-state index contributed by atoms with van der Waals surface area (Å²) in [5.74, 6) is 0.875. The summed E-state index contributed by atoms with van der Waals surface area (Å²) in [6.45, 7) is 3.86. The van der Waals surface area contributed by atoms with E-state index in [1.165, 1.54) is 11.3 Å². The van der Waals surface area contributed by atoms with Gasteiger partial charge in [0.15, 0.2) is 5.96 Å². The molecule has 9 heteroatoms. The summed E-state index contributed by atoms with van der Waals surface area (Å²) in [7, 11) is 0. The van der Waals surface area contributed by atoms with E-state index in [0.717, 1.165) is 22.9 Å². The second-order valence-electron chi connectivity index (χ2n) is 3.35. The molecule has 2 aromatic rings. The molecule has 0 radical (unpaired) electrons. The van der Waals surface area contributed by atoms with Gasteiger partial charge >= 0.3 is 0 Å². The van der Waals surface area contributed by atoms with E-state index in [4.69, 9.17) is 11.5 Å². The number of nitrogens with two attached hydrogens (primary N) is 2. The van der Waals surface area contributed by atoms with Crippen molar-refractivity contribution < 1.29 is 5.48 Å². The summed E-state index contributed by atoms with van der Waals surface area (Å²) in [5, 5.41) is 2.42. The molecule has 0 bridgehead atoms. The Balaban J connectivity index is 0.00000144. The van der Waals surface area contributed by atoms with Crippen molar-refractivity contribution in [2.45, 2.75) is 13.8 Å². The van der Waals surface area contributed by atoms with Crippen LogP contribution in [0.2, 0.25) is 0 Å². The van der Waals surface area contributed by atoms with Crippen LogP contribution in [0.5, 0.6) is 0 Å². The van der Waals surface area contributed by atoms with Crippen LogP contribution < -0.4 is 11.5 Å². The number of nitrogens with one attached hydrogen (secondary N) is 1. The predicted octanol–water partition coefficient (Wildman–Crippen LogP) is 0.808. The van der Waals surface area contributed by atoms with Gasteiger partial charge in [0.25, 0.3) is 0 Å². The van der Waals surface area contributed by atoms with Gasteiger partial charge in [-0.2, -0.15) is 4.99 Å². The molecule has 7 nitrogen and oxygen atoms in total. The maximum Gasteiger partial charge on any atom is 0.212 e. The molecule has 7 N–H and O–H groups in total. The molecule has 2 rings (SSSR count). The van der Waals surface area contributed by atoms with Crippen molar-refractivity contribution in [1.29, 1.82) is 0 Å². The number of nitrogens with zero attached hydrogens (tertiary/aromatic N) is 3. The Bertz CT molecular complexity index is 545. The minimum atomic E-state index is 0. The number of rotatable bonds is 2. The molecule has 18 heavy (non-hydrogen) atoms. The zero-order chi connectivity index (χ0) is 11.7. The molecule has 0 unspecified atom stereocenters. The molecule has 0 atom stereocenters. The van der Waals surface area contributed by atoms with Crippen LogP contribution in [-0.4, -0.2) is 26.4 Å². The van der Waals surface area contributed by atoms with E-state index in [-0.39, 0.29) is 28.4 Å². The molecule has 0 fully saturated rings. The van der Waals surface area contributed by atoms with E-state index in [0.29, 0.717) is 5.13 Å². The van der Waals surface area contributed by atoms with Crippen LogP contribution in [0.25, 0.3) is 11.4 Å². The first-order chi connectivity index (χ1) is 7.56. The molecule has 0 amide bonds. The average molecular weight is 335 g/mol. The van der Waals surface area contributed by atoms with Crippen molar-refractivity contribution >= 4 is 39.4 Å². The lowest BCUT2D eigenvalue weighted by Gasteiger charge is -1.90. The predicted molar refractivity (Wildman–Crippen MR) is 78.6 cm³/mol. The minimum absolute atomic E-state index is 0. The quantitative estimate of drug-likeness (QED) is 0.552. The lowest BCUT2D eigenvalue weighted by molar-refractivity contribution is 0.824. The summed E-state index contributed by atoms with van der Waals surface area (Å²) < 4.78 is 0. The highest BCUT2D eigenvalue weighted by atomic mass is 79.9. The van der Waals surface area contributed by atoms with Crippen LogP contribution in [0.3, 0.4) is 0 Å². The van der Waals surface area contributed by atoms with Crippen LogP contribution in [0.1, 0.15) is 11.5 Å². The number of hydrogen-bond donors (Lipinski definition) is 3. The highest BCUT2D eigenvalue weighted by Crippen LogP contribution is 2.27. The summed E-state index contributed by atoms with van der Waals surface area (Å²) in [6, 6.07) is 0. The number of H-pyrrole nitrogens is 1. The Morgan fingerprint density at radius 1 is 1.33 bits per heavy atom. The standard InChI is InChI=1S/C9H12N6S.BrH.H2O/c1-4-7(13-5(2)12-4)6-3-16-9(14-6)15-8(10)11;;/h3H,1-2H3,(H,12,13)(H4,10,11,14,15);1H;1H2. The maximum atomic E-state index is 5.28. The van der Waals surface area contributed by atoms with Gasteiger partial charge in [-0.05, 0) is 13.8 Å². The Kier molecular flexibility index (Phi) is 5.95. The molecule has 0 saturated heterocycles. The van der Waals surface area contributed by atoms with Crippen molar-refractivity contribution in [3.8, 4) is 11.4 Å². The lowest BCUT2D eigenvalue weighted by Crippen LogP contribution is -2.21. The zero-order valence-electron chi connectivity index (χ0n) is 9.89. The van der Waals surface area contributed by atoms with E-state index in [9.17, 15) is 0 Å². The fourth-order valence-electron chi connectivity index (χ4n) is 1.39. The highest BCUT2D eigenvalue weighted by Gasteiger charge is 2.10. The average Bonchev–Trinajstić information content (AvgIpc) is 2.72. The summed E-state index contributed by atoms with van der Waals surface area (Å²) in [6.07, 6.45) is 0. The van der Waals surface area contributed by atoms with Gasteiger partial charge in [-0.1, -0.05) is 0 Å². The fourth-order valence-corrected chi connectivity index (χ4v) is 2.08. The SMILES string of the molecule is Br.Cc1nc(-c2csc(N=C(N)N)n2)c(C)[nH]1.O. The molecular weight excluding hydrogens is 320 g/mol. The summed E-state index contributed by atoms with van der Waals surface area (Å²) in [4.78, 5) is 15.6. The number of aryl methyl sites for hydroxylation is 2. The minimum Gasteiger partial charge on any atom is -0.412 e. The largest absolute Gasteiger partial charge is 0.412 e. The Hall–Kier alpha value is -1.45. The van der Waals surface area contributed by atoms with E-state index in [1.807, 2.05) is 19.2 Å². The molecule has 0 aliphatic rings. The van der Waals surface area contributed by atoms with Gasteiger partial charge in [0.05, 0.1) is 0 Å². The first-order valence-corrected chi connectivity index (χ1v) is 5.53. The van der Waals surface area contributed by atoms with E-state index >= 15 is 0 Å². The summed E-state index contributed by atoms with van der Waals surface area (Å²) in [5.41, 5.74) is 13.2. The summed E-state index contributed by atoms with van der Waals surface area (Å²) >= 11 is 1.38. The number of imidazole rings is 1. The van der Waals surface area contributed by atoms with Crippen molar-refractivity contribution in [2.75, 3.05) is 0 Å². The van der Waals surface area contributed by atoms with Gasteiger partial charge in [0, 0.05) is 11.1 Å². The third kappa shape index (κ3) is 3.52. The number of guanidine groups is 1. The number of hydrogen-bond acceptors (Lipinski definition) is 4. The number of thiazole rings is 1. The van der Waals surface area contributed by atoms with E-state index in [2.05, 4.69) is 19.9 Å². The zero-order valence-corrected chi connectivity index (χ0v) is 12.4. The van der Waals surface area contributed by atoms with Gasteiger partial charge in [0.2, 0.25) is 5.13 Å². The number of aliphatic imine (C=N–C) groups is 1. The van der Waals surface area contributed by atoms with Gasteiger partial charge in [0.1, 0.15) is 17.2 Å². The lowest BCUT2D eigenvalue weighted by atomic mass is 10.3.